The molecule has 6 nitrogen and oxygen atoms in total. The van der Waals surface area contributed by atoms with Crippen LogP contribution in [0.3, 0.4) is 0 Å². The van der Waals surface area contributed by atoms with Gasteiger partial charge in [0.1, 0.15) is 5.54 Å². The lowest BCUT2D eigenvalue weighted by atomic mass is 9.85. The molecule has 3 N–H and O–H groups in total. The molecule has 1 fully saturated rings. The molecular weight excluding hydrogens is 270 g/mol. The Kier molecular flexibility index (Phi) is 4.37. The predicted octanol–water partition coefficient (Wildman–Crippen LogP) is 0.804. The number of imide groups is 1. The molecule has 1 aliphatic rings. The zero-order chi connectivity index (χ0) is 15.3. The summed E-state index contributed by atoms with van der Waals surface area (Å²) in [6.07, 6.45) is 1.89. The number of carbonyl (C=O) groups excluding carboxylic acids is 3. The van der Waals surface area contributed by atoms with Gasteiger partial charge in [-0.3, -0.25) is 14.9 Å². The highest BCUT2D eigenvalue weighted by molar-refractivity contribution is 6.07. The van der Waals surface area contributed by atoms with Gasteiger partial charge in [-0.05, 0) is 12.0 Å². The van der Waals surface area contributed by atoms with Crippen LogP contribution >= 0.6 is 0 Å². The van der Waals surface area contributed by atoms with Crippen molar-refractivity contribution in [2.45, 2.75) is 18.4 Å². The van der Waals surface area contributed by atoms with E-state index in [9.17, 15) is 14.4 Å². The first-order valence-electron chi connectivity index (χ1n) is 6.65. The van der Waals surface area contributed by atoms with Gasteiger partial charge in [0.2, 0.25) is 5.91 Å². The van der Waals surface area contributed by atoms with E-state index in [4.69, 9.17) is 0 Å². The number of urea groups is 1. The maximum absolute atomic E-state index is 12.2. The first-order valence-corrected chi connectivity index (χ1v) is 6.65. The zero-order valence-electron chi connectivity index (χ0n) is 11.5. The molecule has 0 aromatic heterocycles. The molecule has 1 aromatic rings. The largest absolute Gasteiger partial charge is 0.353 e. The second-order valence-electron chi connectivity index (χ2n) is 4.77. The van der Waals surface area contributed by atoms with Gasteiger partial charge in [-0.1, -0.05) is 36.4 Å². The minimum Gasteiger partial charge on any atom is -0.353 e. The molecule has 1 aromatic carbocycles. The molecule has 0 aliphatic carbocycles. The Morgan fingerprint density at radius 1 is 1.29 bits per heavy atom. The minimum atomic E-state index is -1.19. The average Bonchev–Trinajstić information content (AvgIpc) is 2.79. The van der Waals surface area contributed by atoms with Gasteiger partial charge in [0, 0.05) is 13.0 Å². The van der Waals surface area contributed by atoms with Crippen molar-refractivity contribution in [3.05, 3.63) is 48.6 Å². The SMILES string of the molecule is C=CCNC(=O)CCC1(c2ccccc2)NC(=O)NC1=O. The highest BCUT2D eigenvalue weighted by Gasteiger charge is 2.47. The minimum absolute atomic E-state index is 0.121. The molecule has 0 radical (unpaired) electrons. The summed E-state index contributed by atoms with van der Waals surface area (Å²) in [7, 11) is 0. The standard InChI is InChI=1S/C15H17N3O3/c1-2-10-16-12(19)8-9-15(11-6-4-3-5-7-11)13(20)17-14(21)18-15/h2-7H,1,8-10H2,(H,16,19)(H2,17,18,20,21). The van der Waals surface area contributed by atoms with Crippen LogP contribution in [0.4, 0.5) is 4.79 Å². The van der Waals surface area contributed by atoms with Crippen molar-refractivity contribution >= 4 is 17.8 Å². The van der Waals surface area contributed by atoms with E-state index >= 15 is 0 Å². The van der Waals surface area contributed by atoms with Crippen molar-refractivity contribution < 1.29 is 14.4 Å². The third kappa shape index (κ3) is 3.10. The fraction of sp³-hybridized carbons (Fsp3) is 0.267. The molecule has 1 unspecified atom stereocenters. The fourth-order valence-corrected chi connectivity index (χ4v) is 2.31. The Bertz CT molecular complexity index is 571. The van der Waals surface area contributed by atoms with E-state index in [0.717, 1.165) is 0 Å². The van der Waals surface area contributed by atoms with E-state index in [2.05, 4.69) is 22.5 Å². The lowest BCUT2D eigenvalue weighted by Gasteiger charge is -2.26. The van der Waals surface area contributed by atoms with Crippen molar-refractivity contribution in [2.24, 2.45) is 0 Å². The number of carbonyl (C=O) groups is 3. The van der Waals surface area contributed by atoms with Crippen LogP contribution in [0, 0.1) is 0 Å². The van der Waals surface area contributed by atoms with Gasteiger partial charge in [-0.15, -0.1) is 6.58 Å². The Balaban J connectivity index is 2.18. The molecule has 6 heteroatoms. The van der Waals surface area contributed by atoms with Crippen molar-refractivity contribution in [1.29, 1.82) is 0 Å². The van der Waals surface area contributed by atoms with Gasteiger partial charge in [0.05, 0.1) is 0 Å². The van der Waals surface area contributed by atoms with E-state index in [1.807, 2.05) is 6.07 Å². The Morgan fingerprint density at radius 3 is 2.57 bits per heavy atom. The fourth-order valence-electron chi connectivity index (χ4n) is 2.31. The first kappa shape index (κ1) is 14.8. The van der Waals surface area contributed by atoms with E-state index in [1.165, 1.54) is 0 Å². The van der Waals surface area contributed by atoms with Gasteiger partial charge in [-0.2, -0.15) is 0 Å². The summed E-state index contributed by atoms with van der Waals surface area (Å²) in [6.45, 7) is 3.89. The Morgan fingerprint density at radius 2 is 2.00 bits per heavy atom. The summed E-state index contributed by atoms with van der Waals surface area (Å²) >= 11 is 0. The lowest BCUT2D eigenvalue weighted by Crippen LogP contribution is -2.44. The molecule has 1 saturated heterocycles. The van der Waals surface area contributed by atoms with Gasteiger partial charge in [-0.25, -0.2) is 4.79 Å². The van der Waals surface area contributed by atoms with Gasteiger partial charge in [0.15, 0.2) is 0 Å². The Hall–Kier alpha value is -2.63. The second kappa shape index (κ2) is 6.21. The van der Waals surface area contributed by atoms with Crippen LogP contribution < -0.4 is 16.0 Å². The van der Waals surface area contributed by atoms with Crippen LogP contribution in [-0.4, -0.2) is 24.4 Å². The number of rotatable bonds is 6. The smallest absolute Gasteiger partial charge is 0.322 e. The van der Waals surface area contributed by atoms with Gasteiger partial charge in [0.25, 0.3) is 5.91 Å². The third-order valence-electron chi connectivity index (χ3n) is 3.38. The second-order valence-corrected chi connectivity index (χ2v) is 4.77. The maximum Gasteiger partial charge on any atom is 0.322 e. The van der Waals surface area contributed by atoms with Crippen LogP contribution in [0.25, 0.3) is 0 Å². The van der Waals surface area contributed by atoms with Crippen molar-refractivity contribution in [3.63, 3.8) is 0 Å². The summed E-state index contributed by atoms with van der Waals surface area (Å²) in [5, 5.41) is 7.53. The van der Waals surface area contributed by atoms with E-state index in [0.29, 0.717) is 12.1 Å². The molecule has 2 rings (SSSR count). The molecule has 1 heterocycles. The van der Waals surface area contributed by atoms with Crippen LogP contribution in [-0.2, 0) is 15.1 Å². The lowest BCUT2D eigenvalue weighted by molar-refractivity contribution is -0.125. The van der Waals surface area contributed by atoms with Crippen LogP contribution in [0.2, 0.25) is 0 Å². The first-order chi connectivity index (χ1) is 10.1. The van der Waals surface area contributed by atoms with Crippen molar-refractivity contribution in [1.82, 2.24) is 16.0 Å². The highest BCUT2D eigenvalue weighted by atomic mass is 16.2. The highest BCUT2D eigenvalue weighted by Crippen LogP contribution is 2.29. The summed E-state index contributed by atoms with van der Waals surface area (Å²) < 4.78 is 0. The third-order valence-corrected chi connectivity index (χ3v) is 3.38. The van der Waals surface area contributed by atoms with E-state index in [-0.39, 0.29) is 18.7 Å². The van der Waals surface area contributed by atoms with Crippen molar-refractivity contribution in [2.75, 3.05) is 6.54 Å². The summed E-state index contributed by atoms with van der Waals surface area (Å²) in [5.41, 5.74) is -0.533. The predicted molar refractivity (Wildman–Crippen MR) is 77.2 cm³/mol. The number of amides is 4. The number of nitrogens with one attached hydrogen (secondary N) is 3. The van der Waals surface area contributed by atoms with Crippen LogP contribution in [0.1, 0.15) is 18.4 Å². The zero-order valence-corrected chi connectivity index (χ0v) is 11.5. The molecule has 21 heavy (non-hydrogen) atoms. The molecule has 0 bridgehead atoms. The monoisotopic (exact) mass is 287 g/mol. The summed E-state index contributed by atoms with van der Waals surface area (Å²) in [6, 6.07) is 8.36. The molecule has 1 atom stereocenters. The molecule has 1 aliphatic heterocycles. The quantitative estimate of drug-likeness (QED) is 0.534. The maximum atomic E-state index is 12.2. The molecule has 110 valence electrons. The number of benzene rings is 1. The van der Waals surface area contributed by atoms with E-state index < -0.39 is 17.5 Å². The van der Waals surface area contributed by atoms with Gasteiger partial charge < -0.3 is 10.6 Å². The van der Waals surface area contributed by atoms with Crippen LogP contribution in [0.15, 0.2) is 43.0 Å². The molecule has 4 amide bonds. The summed E-state index contributed by atoms with van der Waals surface area (Å²) in [5.74, 6) is -0.630. The molecule has 0 spiro atoms. The van der Waals surface area contributed by atoms with E-state index in [1.54, 1.807) is 30.3 Å². The average molecular weight is 287 g/mol. The number of hydrogen-bond donors (Lipinski definition) is 3. The number of hydrogen-bond acceptors (Lipinski definition) is 3. The summed E-state index contributed by atoms with van der Waals surface area (Å²) in [4.78, 5) is 35.4. The molecular formula is C15H17N3O3. The van der Waals surface area contributed by atoms with Gasteiger partial charge >= 0.3 is 6.03 Å². The van der Waals surface area contributed by atoms with Crippen molar-refractivity contribution in [3.8, 4) is 0 Å². The van der Waals surface area contributed by atoms with Crippen LogP contribution in [0.5, 0.6) is 0 Å². The Labute approximate surface area is 122 Å². The molecule has 0 saturated carbocycles. The normalized spacial score (nSPS) is 20.6. The topological polar surface area (TPSA) is 87.3 Å².